The maximum atomic E-state index is 10.6. The van der Waals surface area contributed by atoms with E-state index in [-0.39, 0.29) is 18.4 Å². The monoisotopic (exact) mass is 334 g/mol. The molecule has 5 nitrogen and oxygen atoms in total. The van der Waals surface area contributed by atoms with Crippen molar-refractivity contribution in [3.05, 3.63) is 35.4 Å². The molecule has 1 rings (SSSR count). The number of hydrogen-bond acceptors (Lipinski definition) is 5. The molecule has 0 bridgehead atoms. The third-order valence-corrected chi connectivity index (χ3v) is 2.95. The predicted molar refractivity (Wildman–Crippen MR) is 97.3 cm³/mol. The van der Waals surface area contributed by atoms with Gasteiger partial charge < -0.3 is 9.47 Å². The summed E-state index contributed by atoms with van der Waals surface area (Å²) in [6.45, 7) is 9.16. The van der Waals surface area contributed by atoms with Gasteiger partial charge in [-0.2, -0.15) is 0 Å². The SMILES string of the molecule is CC.CC(=O)COCCCOCC#Cc1ccc(C(C)NN)cc1. The largest absolute Gasteiger partial charge is 0.374 e. The number of ether oxygens (including phenoxy) is 2. The van der Waals surface area contributed by atoms with Gasteiger partial charge in [-0.05, 0) is 38.0 Å². The Morgan fingerprint density at radius 1 is 1.21 bits per heavy atom. The molecular weight excluding hydrogens is 304 g/mol. The van der Waals surface area contributed by atoms with E-state index in [0.29, 0.717) is 19.8 Å². The zero-order valence-electron chi connectivity index (χ0n) is 15.2. The van der Waals surface area contributed by atoms with E-state index in [1.807, 2.05) is 45.0 Å². The van der Waals surface area contributed by atoms with Crippen molar-refractivity contribution in [2.75, 3.05) is 26.4 Å². The third kappa shape index (κ3) is 10.9. The van der Waals surface area contributed by atoms with E-state index in [0.717, 1.165) is 17.5 Å². The summed E-state index contributed by atoms with van der Waals surface area (Å²) >= 11 is 0. The fourth-order valence-electron chi connectivity index (χ4n) is 1.69. The number of hydrazine groups is 1. The lowest BCUT2D eigenvalue weighted by Crippen LogP contribution is -2.25. The molecule has 1 aromatic rings. The van der Waals surface area contributed by atoms with Crippen LogP contribution in [0.15, 0.2) is 24.3 Å². The highest BCUT2D eigenvalue weighted by atomic mass is 16.5. The number of nitrogens with two attached hydrogens (primary N) is 1. The maximum Gasteiger partial charge on any atom is 0.155 e. The van der Waals surface area contributed by atoms with Crippen LogP contribution in [0, 0.1) is 11.8 Å². The van der Waals surface area contributed by atoms with Crippen LogP contribution < -0.4 is 11.3 Å². The van der Waals surface area contributed by atoms with Crippen LogP contribution in [-0.4, -0.2) is 32.2 Å². The Morgan fingerprint density at radius 2 is 1.83 bits per heavy atom. The molecule has 0 spiro atoms. The average Bonchev–Trinajstić information content (AvgIpc) is 2.61. The molecule has 5 heteroatoms. The number of hydrogen-bond donors (Lipinski definition) is 2. The van der Waals surface area contributed by atoms with Crippen LogP contribution in [0.1, 0.15) is 51.3 Å². The summed E-state index contributed by atoms with van der Waals surface area (Å²) in [7, 11) is 0. The standard InChI is InChI=1S/C17H24N2O3.C2H6/c1-14(20)13-22-12-4-11-21-10-3-5-16-6-8-17(9-7-16)15(2)19-18;1-2/h6-9,15,19H,4,10-13,18H2,1-2H3;1-2H3. The quantitative estimate of drug-likeness (QED) is 0.314. The van der Waals surface area contributed by atoms with E-state index in [2.05, 4.69) is 17.3 Å². The Kier molecular flexibility index (Phi) is 13.8. The maximum absolute atomic E-state index is 10.6. The van der Waals surface area contributed by atoms with Crippen molar-refractivity contribution in [2.45, 2.75) is 40.2 Å². The van der Waals surface area contributed by atoms with E-state index in [1.165, 1.54) is 6.92 Å². The number of carbonyl (C=O) groups excluding carboxylic acids is 1. The first-order chi connectivity index (χ1) is 11.6. The summed E-state index contributed by atoms with van der Waals surface area (Å²) in [5.41, 5.74) is 4.77. The van der Waals surface area contributed by atoms with Crippen LogP contribution >= 0.6 is 0 Å². The molecule has 1 aromatic carbocycles. The first kappa shape index (κ1) is 22.3. The Hall–Kier alpha value is -1.71. The minimum atomic E-state index is 0.0365. The first-order valence-electron chi connectivity index (χ1n) is 8.33. The van der Waals surface area contributed by atoms with Crippen molar-refractivity contribution in [3.8, 4) is 11.8 Å². The average molecular weight is 334 g/mol. The molecule has 1 atom stereocenters. The van der Waals surface area contributed by atoms with Crippen molar-refractivity contribution in [2.24, 2.45) is 5.84 Å². The second-order valence-electron chi connectivity index (χ2n) is 4.97. The lowest BCUT2D eigenvalue weighted by atomic mass is 10.1. The summed E-state index contributed by atoms with van der Waals surface area (Å²) in [6, 6.07) is 8.05. The fourth-order valence-corrected chi connectivity index (χ4v) is 1.69. The summed E-state index contributed by atoms with van der Waals surface area (Å²) in [5, 5.41) is 0. The normalized spacial score (nSPS) is 10.9. The Labute approximate surface area is 145 Å². The minimum absolute atomic E-state index is 0.0365. The third-order valence-electron chi connectivity index (χ3n) is 2.95. The van der Waals surface area contributed by atoms with Gasteiger partial charge in [0.15, 0.2) is 5.78 Å². The smallest absolute Gasteiger partial charge is 0.155 e. The topological polar surface area (TPSA) is 73.6 Å². The predicted octanol–water partition coefficient (Wildman–Crippen LogP) is 2.60. The van der Waals surface area contributed by atoms with Crippen LogP contribution in [-0.2, 0) is 14.3 Å². The van der Waals surface area contributed by atoms with E-state index >= 15 is 0 Å². The van der Waals surface area contributed by atoms with Gasteiger partial charge >= 0.3 is 0 Å². The van der Waals surface area contributed by atoms with E-state index < -0.39 is 0 Å². The second-order valence-corrected chi connectivity index (χ2v) is 4.97. The Balaban J connectivity index is 0.00000254. The van der Waals surface area contributed by atoms with Gasteiger partial charge in [0.2, 0.25) is 0 Å². The van der Waals surface area contributed by atoms with Crippen molar-refractivity contribution in [1.29, 1.82) is 0 Å². The van der Waals surface area contributed by atoms with Crippen LogP contribution in [0.4, 0.5) is 0 Å². The zero-order valence-corrected chi connectivity index (χ0v) is 15.2. The van der Waals surface area contributed by atoms with Gasteiger partial charge in [-0.15, -0.1) is 0 Å². The first-order valence-corrected chi connectivity index (χ1v) is 8.33. The van der Waals surface area contributed by atoms with Gasteiger partial charge in [0.05, 0.1) is 6.61 Å². The van der Waals surface area contributed by atoms with Gasteiger partial charge in [-0.3, -0.25) is 16.1 Å². The molecule has 0 amide bonds. The van der Waals surface area contributed by atoms with Gasteiger partial charge in [0.1, 0.15) is 13.2 Å². The van der Waals surface area contributed by atoms with Crippen LogP contribution in [0.5, 0.6) is 0 Å². The van der Waals surface area contributed by atoms with E-state index in [1.54, 1.807) is 0 Å². The van der Waals surface area contributed by atoms with Gasteiger partial charge in [0, 0.05) is 18.2 Å². The molecule has 0 saturated carbocycles. The van der Waals surface area contributed by atoms with Crippen LogP contribution in [0.2, 0.25) is 0 Å². The van der Waals surface area contributed by atoms with Gasteiger partial charge in [0.25, 0.3) is 0 Å². The molecule has 0 aliphatic carbocycles. The van der Waals surface area contributed by atoms with Crippen LogP contribution in [0.25, 0.3) is 0 Å². The molecule has 24 heavy (non-hydrogen) atoms. The highest BCUT2D eigenvalue weighted by Gasteiger charge is 2.00. The van der Waals surface area contributed by atoms with Crippen molar-refractivity contribution >= 4 is 5.78 Å². The lowest BCUT2D eigenvalue weighted by Gasteiger charge is -2.09. The molecule has 0 radical (unpaired) electrons. The van der Waals surface area contributed by atoms with E-state index in [4.69, 9.17) is 15.3 Å². The fraction of sp³-hybridized carbons (Fsp3) is 0.526. The van der Waals surface area contributed by atoms with Crippen LogP contribution in [0.3, 0.4) is 0 Å². The molecule has 0 heterocycles. The Morgan fingerprint density at radius 3 is 2.42 bits per heavy atom. The molecule has 0 saturated heterocycles. The number of Topliss-reactive ketones (excluding diaryl/α,β-unsaturated/α-hetero) is 1. The highest BCUT2D eigenvalue weighted by molar-refractivity contribution is 5.76. The molecule has 0 fully saturated rings. The summed E-state index contributed by atoms with van der Waals surface area (Å²) in [4.78, 5) is 10.6. The number of benzene rings is 1. The lowest BCUT2D eigenvalue weighted by molar-refractivity contribution is -0.121. The molecule has 1 unspecified atom stereocenters. The van der Waals surface area contributed by atoms with Crippen molar-refractivity contribution < 1.29 is 14.3 Å². The number of carbonyl (C=O) groups is 1. The zero-order chi connectivity index (χ0) is 18.2. The number of rotatable bonds is 9. The summed E-state index contributed by atoms with van der Waals surface area (Å²) in [6.07, 6.45) is 0.758. The molecular formula is C19H30N2O3. The Bertz CT molecular complexity index is 504. The summed E-state index contributed by atoms with van der Waals surface area (Å²) in [5.74, 6) is 11.4. The minimum Gasteiger partial charge on any atom is -0.374 e. The van der Waals surface area contributed by atoms with Crippen molar-refractivity contribution in [1.82, 2.24) is 5.43 Å². The molecule has 0 aliphatic rings. The van der Waals surface area contributed by atoms with Gasteiger partial charge in [-0.1, -0.05) is 37.8 Å². The highest BCUT2D eigenvalue weighted by Crippen LogP contribution is 2.11. The number of nitrogens with one attached hydrogen (secondary N) is 1. The van der Waals surface area contributed by atoms with Crippen molar-refractivity contribution in [3.63, 3.8) is 0 Å². The van der Waals surface area contributed by atoms with E-state index in [9.17, 15) is 4.79 Å². The molecule has 3 N–H and O–H groups in total. The molecule has 0 aliphatic heterocycles. The van der Waals surface area contributed by atoms with Gasteiger partial charge in [-0.25, -0.2) is 0 Å². The molecule has 134 valence electrons. The summed E-state index contributed by atoms with van der Waals surface area (Å²) < 4.78 is 10.5. The second kappa shape index (κ2) is 14.9. The molecule has 0 aromatic heterocycles. The number of ketones is 1.